The van der Waals surface area contributed by atoms with Crippen LogP contribution in [-0.2, 0) is 9.53 Å². The van der Waals surface area contributed by atoms with Gasteiger partial charge in [-0.1, -0.05) is 6.07 Å². The first-order valence-corrected chi connectivity index (χ1v) is 9.41. The number of esters is 1. The van der Waals surface area contributed by atoms with Crippen LogP contribution in [0, 0.1) is 10.1 Å². The predicted octanol–water partition coefficient (Wildman–Crippen LogP) is 3.97. The highest BCUT2D eigenvalue weighted by Crippen LogP contribution is 2.43. The number of nitrogens with zero attached hydrogens (tertiary/aromatic N) is 1. The fourth-order valence-corrected chi connectivity index (χ4v) is 2.99. The van der Waals surface area contributed by atoms with Gasteiger partial charge in [0.15, 0.2) is 11.5 Å². The standard InChI is InChI=1S/C21H26N2O7/c1-27-16-10-8-14(13-18(16)28-2)20-15(23(25)26)9-11-17(21(20)22)30-12-6-4-5-7-19(24)29-3/h8-11,13H,4-7,12,22H2,1-3H3. The number of nitrogen functional groups attached to an aromatic ring is 1. The molecule has 2 aromatic rings. The molecule has 9 heteroatoms. The Kier molecular flexibility index (Phi) is 8.28. The molecule has 0 atom stereocenters. The molecule has 162 valence electrons. The Labute approximate surface area is 174 Å². The maximum absolute atomic E-state index is 11.6. The van der Waals surface area contributed by atoms with E-state index in [1.807, 2.05) is 0 Å². The van der Waals surface area contributed by atoms with Gasteiger partial charge in [-0.3, -0.25) is 14.9 Å². The lowest BCUT2D eigenvalue weighted by atomic mass is 10.0. The Balaban J connectivity index is 2.22. The normalized spacial score (nSPS) is 10.4. The lowest BCUT2D eigenvalue weighted by molar-refractivity contribution is -0.384. The molecule has 0 spiro atoms. The largest absolute Gasteiger partial charge is 0.493 e. The minimum Gasteiger partial charge on any atom is -0.493 e. The van der Waals surface area contributed by atoms with Crippen LogP contribution in [0.4, 0.5) is 11.4 Å². The van der Waals surface area contributed by atoms with Gasteiger partial charge in [0.25, 0.3) is 5.69 Å². The van der Waals surface area contributed by atoms with Gasteiger partial charge in [-0.25, -0.2) is 0 Å². The van der Waals surface area contributed by atoms with E-state index in [1.165, 1.54) is 33.5 Å². The fourth-order valence-electron chi connectivity index (χ4n) is 2.99. The Morgan fingerprint density at radius 2 is 1.70 bits per heavy atom. The molecule has 30 heavy (non-hydrogen) atoms. The second kappa shape index (κ2) is 10.9. The second-order valence-electron chi connectivity index (χ2n) is 6.43. The van der Waals surface area contributed by atoms with Crippen LogP contribution in [0.3, 0.4) is 0 Å². The monoisotopic (exact) mass is 418 g/mol. The van der Waals surface area contributed by atoms with E-state index in [4.69, 9.17) is 19.9 Å². The maximum atomic E-state index is 11.6. The summed E-state index contributed by atoms with van der Waals surface area (Å²) >= 11 is 0. The number of rotatable bonds is 11. The third-order valence-electron chi connectivity index (χ3n) is 4.56. The van der Waals surface area contributed by atoms with Crippen LogP contribution in [0.1, 0.15) is 25.7 Å². The summed E-state index contributed by atoms with van der Waals surface area (Å²) in [5.41, 5.74) is 7.06. The van der Waals surface area contributed by atoms with Crippen molar-refractivity contribution in [2.75, 3.05) is 33.7 Å². The zero-order chi connectivity index (χ0) is 22.1. The Hall–Kier alpha value is -3.49. The summed E-state index contributed by atoms with van der Waals surface area (Å²) in [5, 5.41) is 11.6. The molecule has 0 aromatic heterocycles. The molecule has 0 aliphatic carbocycles. The average Bonchev–Trinajstić information content (AvgIpc) is 2.75. The molecular weight excluding hydrogens is 392 g/mol. The fraction of sp³-hybridized carbons (Fsp3) is 0.381. The molecule has 2 aromatic carbocycles. The van der Waals surface area contributed by atoms with Crippen LogP contribution in [0.15, 0.2) is 30.3 Å². The molecule has 9 nitrogen and oxygen atoms in total. The summed E-state index contributed by atoms with van der Waals surface area (Å²) in [4.78, 5) is 22.2. The van der Waals surface area contributed by atoms with E-state index >= 15 is 0 Å². The molecule has 0 fully saturated rings. The van der Waals surface area contributed by atoms with Crippen molar-refractivity contribution in [3.05, 3.63) is 40.4 Å². The highest BCUT2D eigenvalue weighted by molar-refractivity contribution is 5.88. The number of carbonyl (C=O) groups is 1. The molecule has 0 saturated heterocycles. The van der Waals surface area contributed by atoms with Gasteiger partial charge in [-0.05, 0) is 43.0 Å². The molecule has 0 bridgehead atoms. The number of unbranched alkanes of at least 4 members (excludes halogenated alkanes) is 2. The highest BCUT2D eigenvalue weighted by atomic mass is 16.6. The van der Waals surface area contributed by atoms with Crippen molar-refractivity contribution in [1.82, 2.24) is 0 Å². The number of carbonyl (C=O) groups excluding carboxylic acids is 1. The number of anilines is 1. The predicted molar refractivity (Wildman–Crippen MR) is 112 cm³/mol. The number of methoxy groups -OCH3 is 3. The van der Waals surface area contributed by atoms with Gasteiger partial charge in [0, 0.05) is 12.5 Å². The summed E-state index contributed by atoms with van der Waals surface area (Å²) in [5.74, 6) is 1.05. The molecule has 0 aliphatic heterocycles. The third-order valence-corrected chi connectivity index (χ3v) is 4.56. The Morgan fingerprint density at radius 3 is 2.33 bits per heavy atom. The quantitative estimate of drug-likeness (QED) is 0.191. The van der Waals surface area contributed by atoms with E-state index in [0.29, 0.717) is 48.7 Å². The smallest absolute Gasteiger partial charge is 0.305 e. The highest BCUT2D eigenvalue weighted by Gasteiger charge is 2.22. The number of hydrogen-bond acceptors (Lipinski definition) is 8. The lowest BCUT2D eigenvalue weighted by Gasteiger charge is -2.15. The van der Waals surface area contributed by atoms with Crippen LogP contribution in [0.25, 0.3) is 11.1 Å². The van der Waals surface area contributed by atoms with E-state index in [0.717, 1.165) is 6.42 Å². The van der Waals surface area contributed by atoms with Crippen molar-refractivity contribution in [3.8, 4) is 28.4 Å². The van der Waals surface area contributed by atoms with E-state index < -0.39 is 4.92 Å². The molecule has 2 N–H and O–H groups in total. The van der Waals surface area contributed by atoms with E-state index in [9.17, 15) is 14.9 Å². The van der Waals surface area contributed by atoms with Crippen molar-refractivity contribution in [3.63, 3.8) is 0 Å². The summed E-state index contributed by atoms with van der Waals surface area (Å²) in [6.07, 6.45) is 2.55. The number of nitro benzene ring substituents is 1. The van der Waals surface area contributed by atoms with Crippen LogP contribution >= 0.6 is 0 Å². The van der Waals surface area contributed by atoms with Gasteiger partial charge in [0.2, 0.25) is 0 Å². The summed E-state index contributed by atoms with van der Waals surface area (Å²) in [7, 11) is 4.35. The van der Waals surface area contributed by atoms with Crippen LogP contribution in [-0.4, -0.2) is 38.8 Å². The van der Waals surface area contributed by atoms with Crippen molar-refractivity contribution < 1.29 is 28.7 Å². The average molecular weight is 418 g/mol. The topological polar surface area (TPSA) is 123 Å². The Bertz CT molecular complexity index is 899. The van der Waals surface area contributed by atoms with Crippen molar-refractivity contribution >= 4 is 17.3 Å². The van der Waals surface area contributed by atoms with Crippen molar-refractivity contribution in [2.24, 2.45) is 0 Å². The van der Waals surface area contributed by atoms with Crippen LogP contribution in [0.5, 0.6) is 17.2 Å². The maximum Gasteiger partial charge on any atom is 0.305 e. The second-order valence-corrected chi connectivity index (χ2v) is 6.43. The molecule has 0 aliphatic rings. The first-order chi connectivity index (χ1) is 14.4. The molecule has 0 unspecified atom stereocenters. The van der Waals surface area contributed by atoms with Gasteiger partial charge in [-0.15, -0.1) is 0 Å². The molecule has 0 heterocycles. The molecule has 0 saturated carbocycles. The number of hydrogen-bond donors (Lipinski definition) is 1. The summed E-state index contributed by atoms with van der Waals surface area (Å²) < 4.78 is 20.9. The summed E-state index contributed by atoms with van der Waals surface area (Å²) in [6.45, 7) is 0.370. The minimum atomic E-state index is -0.487. The minimum absolute atomic E-state index is 0.134. The van der Waals surface area contributed by atoms with E-state index in [2.05, 4.69) is 4.74 Å². The first kappa shape index (κ1) is 22.8. The van der Waals surface area contributed by atoms with E-state index in [-0.39, 0.29) is 22.9 Å². The molecular formula is C21H26N2O7. The summed E-state index contributed by atoms with van der Waals surface area (Å²) in [6, 6.07) is 7.83. The van der Waals surface area contributed by atoms with Gasteiger partial charge in [0.1, 0.15) is 5.75 Å². The number of nitrogens with two attached hydrogens (primary N) is 1. The van der Waals surface area contributed by atoms with Gasteiger partial charge < -0.3 is 24.7 Å². The van der Waals surface area contributed by atoms with Gasteiger partial charge in [0.05, 0.1) is 44.1 Å². The Morgan fingerprint density at radius 1 is 1.00 bits per heavy atom. The van der Waals surface area contributed by atoms with Crippen LogP contribution < -0.4 is 19.9 Å². The van der Waals surface area contributed by atoms with Gasteiger partial charge >= 0.3 is 5.97 Å². The van der Waals surface area contributed by atoms with Crippen molar-refractivity contribution in [2.45, 2.75) is 25.7 Å². The van der Waals surface area contributed by atoms with Crippen LogP contribution in [0.2, 0.25) is 0 Å². The molecule has 2 rings (SSSR count). The van der Waals surface area contributed by atoms with E-state index in [1.54, 1.807) is 18.2 Å². The number of ether oxygens (including phenoxy) is 4. The lowest BCUT2D eigenvalue weighted by Crippen LogP contribution is -2.04. The first-order valence-electron chi connectivity index (χ1n) is 9.41. The zero-order valence-electron chi connectivity index (χ0n) is 17.3. The van der Waals surface area contributed by atoms with Crippen molar-refractivity contribution in [1.29, 1.82) is 0 Å². The SMILES string of the molecule is COC(=O)CCCCCOc1ccc([N+](=O)[O-])c(-c2ccc(OC)c(OC)c2)c1N. The molecule has 0 amide bonds. The molecule has 0 radical (unpaired) electrons. The number of nitro groups is 1. The number of benzene rings is 2. The third kappa shape index (κ3) is 5.53. The van der Waals surface area contributed by atoms with Gasteiger partial charge in [-0.2, -0.15) is 0 Å². The zero-order valence-corrected chi connectivity index (χ0v) is 17.3.